The summed E-state index contributed by atoms with van der Waals surface area (Å²) in [4.78, 5) is 0. The van der Waals surface area contributed by atoms with Crippen molar-refractivity contribution in [1.29, 1.82) is 5.26 Å². The molecule has 0 radical (unpaired) electrons. The maximum Gasteiger partial charge on any atom is 0.0728 e. The van der Waals surface area contributed by atoms with Crippen molar-refractivity contribution in [2.75, 3.05) is 0 Å². The van der Waals surface area contributed by atoms with Crippen molar-refractivity contribution in [3.05, 3.63) is 23.3 Å². The summed E-state index contributed by atoms with van der Waals surface area (Å²) in [6.45, 7) is 10.1. The number of hydrogen-bond acceptors (Lipinski definition) is 1. The Balaban J connectivity index is 4.36. The Bertz CT molecular complexity index is 257. The highest BCUT2D eigenvalue weighted by Crippen LogP contribution is 2.24. The zero-order chi connectivity index (χ0) is 10.5. The van der Waals surface area contributed by atoms with Crippen LogP contribution in [-0.4, -0.2) is 0 Å². The molecule has 0 aromatic heterocycles. The smallest absolute Gasteiger partial charge is 0.0728 e. The first-order chi connectivity index (χ1) is 5.90. The highest BCUT2D eigenvalue weighted by molar-refractivity contribution is 5.19. The van der Waals surface area contributed by atoms with Gasteiger partial charge in [-0.15, -0.1) is 0 Å². The maximum absolute atomic E-state index is 8.87. The van der Waals surface area contributed by atoms with Crippen LogP contribution in [0.25, 0.3) is 0 Å². The summed E-state index contributed by atoms with van der Waals surface area (Å²) in [6, 6.07) is 2.29. The van der Waals surface area contributed by atoms with Gasteiger partial charge in [-0.25, -0.2) is 0 Å². The molecule has 0 N–H and O–H groups in total. The van der Waals surface area contributed by atoms with Crippen LogP contribution in [0.2, 0.25) is 0 Å². The molecule has 0 spiro atoms. The third-order valence-corrected chi connectivity index (χ3v) is 2.22. The van der Waals surface area contributed by atoms with Gasteiger partial charge in [-0.2, -0.15) is 5.26 Å². The molecule has 0 aliphatic rings. The third-order valence-electron chi connectivity index (χ3n) is 2.22. The van der Waals surface area contributed by atoms with Crippen molar-refractivity contribution in [2.45, 2.75) is 41.0 Å². The second kappa shape index (κ2) is 4.87. The molecule has 0 saturated carbocycles. The molecule has 0 aliphatic heterocycles. The number of allylic oxidation sites excluding steroid dienone is 4. The first kappa shape index (κ1) is 12.0. The van der Waals surface area contributed by atoms with Gasteiger partial charge in [-0.05, 0) is 41.0 Å². The van der Waals surface area contributed by atoms with E-state index >= 15 is 0 Å². The van der Waals surface area contributed by atoms with Crippen LogP contribution in [0.3, 0.4) is 0 Å². The van der Waals surface area contributed by atoms with E-state index in [1.165, 1.54) is 5.57 Å². The van der Waals surface area contributed by atoms with E-state index in [1.807, 2.05) is 20.8 Å². The maximum atomic E-state index is 8.87. The standard InChI is InChI=1S/C12H19N/c1-10(2)7-6-8-11(3)12(4,5)9-13/h7-8H,6H2,1-5H3. The van der Waals surface area contributed by atoms with Crippen LogP contribution in [0, 0.1) is 16.7 Å². The topological polar surface area (TPSA) is 23.8 Å². The van der Waals surface area contributed by atoms with E-state index in [0.29, 0.717) is 0 Å². The first-order valence-electron chi connectivity index (χ1n) is 4.62. The van der Waals surface area contributed by atoms with Crippen molar-refractivity contribution in [3.8, 4) is 6.07 Å². The Hall–Kier alpha value is -1.03. The first-order valence-corrected chi connectivity index (χ1v) is 4.62. The Morgan fingerprint density at radius 1 is 1.23 bits per heavy atom. The average molecular weight is 177 g/mol. The van der Waals surface area contributed by atoms with Gasteiger partial charge in [0.25, 0.3) is 0 Å². The van der Waals surface area contributed by atoms with E-state index < -0.39 is 0 Å². The van der Waals surface area contributed by atoms with E-state index in [0.717, 1.165) is 12.0 Å². The number of nitriles is 1. The number of nitrogens with zero attached hydrogens (tertiary/aromatic N) is 1. The van der Waals surface area contributed by atoms with Crippen LogP contribution in [0.4, 0.5) is 0 Å². The molecule has 13 heavy (non-hydrogen) atoms. The fourth-order valence-corrected chi connectivity index (χ4v) is 0.815. The summed E-state index contributed by atoms with van der Waals surface area (Å²) in [6.07, 6.45) is 5.21. The summed E-state index contributed by atoms with van der Waals surface area (Å²) >= 11 is 0. The highest BCUT2D eigenvalue weighted by Gasteiger charge is 2.17. The van der Waals surface area contributed by atoms with E-state index in [9.17, 15) is 0 Å². The fourth-order valence-electron chi connectivity index (χ4n) is 0.815. The Morgan fingerprint density at radius 3 is 2.15 bits per heavy atom. The number of hydrogen-bond donors (Lipinski definition) is 0. The molecule has 1 nitrogen and oxygen atoms in total. The molecule has 0 fully saturated rings. The lowest BCUT2D eigenvalue weighted by atomic mass is 9.86. The van der Waals surface area contributed by atoms with Gasteiger partial charge in [-0.1, -0.05) is 23.3 Å². The van der Waals surface area contributed by atoms with Crippen molar-refractivity contribution in [1.82, 2.24) is 0 Å². The molecule has 72 valence electrons. The Morgan fingerprint density at radius 2 is 1.77 bits per heavy atom. The van der Waals surface area contributed by atoms with Crippen LogP contribution < -0.4 is 0 Å². The molecule has 0 rings (SSSR count). The predicted octanol–water partition coefficient (Wildman–Crippen LogP) is 3.84. The monoisotopic (exact) mass is 177 g/mol. The van der Waals surface area contributed by atoms with E-state index in [4.69, 9.17) is 5.26 Å². The van der Waals surface area contributed by atoms with Crippen LogP contribution in [0.5, 0.6) is 0 Å². The third kappa shape index (κ3) is 4.52. The molecule has 0 aliphatic carbocycles. The van der Waals surface area contributed by atoms with Gasteiger partial charge in [0, 0.05) is 0 Å². The normalized spacial score (nSPS) is 12.2. The molecule has 0 heterocycles. The van der Waals surface area contributed by atoms with Crippen molar-refractivity contribution < 1.29 is 0 Å². The van der Waals surface area contributed by atoms with Crippen LogP contribution >= 0.6 is 0 Å². The quantitative estimate of drug-likeness (QED) is 0.601. The van der Waals surface area contributed by atoms with Gasteiger partial charge in [0.15, 0.2) is 0 Å². The highest BCUT2D eigenvalue weighted by atomic mass is 14.3. The van der Waals surface area contributed by atoms with E-state index in [1.54, 1.807) is 0 Å². The summed E-state index contributed by atoms with van der Waals surface area (Å²) in [5, 5.41) is 8.87. The molecule has 0 unspecified atom stereocenters. The van der Waals surface area contributed by atoms with Crippen molar-refractivity contribution >= 4 is 0 Å². The molecule has 0 saturated heterocycles. The predicted molar refractivity (Wildman–Crippen MR) is 57.2 cm³/mol. The van der Waals surface area contributed by atoms with Gasteiger partial charge in [0.2, 0.25) is 0 Å². The Labute approximate surface area is 81.8 Å². The van der Waals surface area contributed by atoms with Gasteiger partial charge in [0.1, 0.15) is 0 Å². The van der Waals surface area contributed by atoms with Gasteiger partial charge >= 0.3 is 0 Å². The van der Waals surface area contributed by atoms with Crippen LogP contribution in [0.1, 0.15) is 41.0 Å². The fraction of sp³-hybridized carbons (Fsp3) is 0.583. The molecular formula is C12H19N. The molecule has 0 aromatic carbocycles. The minimum Gasteiger partial charge on any atom is -0.197 e. The lowest BCUT2D eigenvalue weighted by Gasteiger charge is -2.15. The molecule has 0 aromatic rings. The van der Waals surface area contributed by atoms with Gasteiger partial charge in [-0.3, -0.25) is 0 Å². The molecular weight excluding hydrogens is 158 g/mol. The second-order valence-electron chi connectivity index (χ2n) is 4.14. The molecule has 1 heteroatoms. The van der Waals surface area contributed by atoms with E-state index in [-0.39, 0.29) is 5.41 Å². The minimum absolute atomic E-state index is 0.324. The summed E-state index contributed by atoms with van der Waals surface area (Å²) in [7, 11) is 0. The number of rotatable bonds is 3. The zero-order valence-electron chi connectivity index (χ0n) is 9.31. The minimum atomic E-state index is -0.324. The van der Waals surface area contributed by atoms with Crippen LogP contribution in [0.15, 0.2) is 23.3 Å². The van der Waals surface area contributed by atoms with Gasteiger partial charge in [0.05, 0.1) is 11.5 Å². The summed E-state index contributed by atoms with van der Waals surface area (Å²) < 4.78 is 0. The average Bonchev–Trinajstić information content (AvgIpc) is 2.03. The molecule has 0 bridgehead atoms. The lowest BCUT2D eigenvalue weighted by Crippen LogP contribution is -2.08. The van der Waals surface area contributed by atoms with E-state index in [2.05, 4.69) is 32.1 Å². The Kier molecular flexibility index (Phi) is 4.48. The zero-order valence-corrected chi connectivity index (χ0v) is 9.31. The van der Waals surface area contributed by atoms with Crippen LogP contribution in [-0.2, 0) is 0 Å². The lowest BCUT2D eigenvalue weighted by molar-refractivity contribution is 0.594. The SMILES string of the molecule is CC(C)=CCC=C(C)C(C)(C)C#N. The molecule has 0 amide bonds. The van der Waals surface area contributed by atoms with Crippen molar-refractivity contribution in [2.24, 2.45) is 5.41 Å². The summed E-state index contributed by atoms with van der Waals surface area (Å²) in [5.74, 6) is 0. The summed E-state index contributed by atoms with van der Waals surface area (Å²) in [5.41, 5.74) is 2.14. The largest absolute Gasteiger partial charge is 0.197 e. The second-order valence-corrected chi connectivity index (χ2v) is 4.14. The van der Waals surface area contributed by atoms with Gasteiger partial charge < -0.3 is 0 Å². The van der Waals surface area contributed by atoms with Crippen molar-refractivity contribution in [3.63, 3.8) is 0 Å². The molecule has 0 atom stereocenters.